The maximum Gasteiger partial charge on any atom is 0.244 e. The fraction of sp³-hybridized carbons (Fsp3) is 0.440. The van der Waals surface area contributed by atoms with Gasteiger partial charge < -0.3 is 19.7 Å². The zero-order chi connectivity index (χ0) is 27.3. The number of carbonyl (C=O) groups excluding carboxylic acids is 2. The van der Waals surface area contributed by atoms with Gasteiger partial charge in [0.15, 0.2) is 0 Å². The molecular weight excluding hydrogens is 506 g/mol. The molecule has 0 aliphatic heterocycles. The van der Waals surface area contributed by atoms with Gasteiger partial charge >= 0.3 is 0 Å². The number of halogens is 1. The van der Waals surface area contributed by atoms with Crippen LogP contribution in [-0.2, 0) is 26.2 Å². The predicted molar refractivity (Wildman–Crippen MR) is 141 cm³/mol. The number of sulfonamides is 1. The number of rotatable bonds is 10. The number of hydrogen-bond donors (Lipinski definition) is 1. The molecule has 0 aliphatic carbocycles. The Bertz CT molecular complexity index is 1200. The van der Waals surface area contributed by atoms with Crippen molar-refractivity contribution in [3.05, 3.63) is 53.1 Å². The summed E-state index contributed by atoms with van der Waals surface area (Å²) >= 11 is 6.34. The van der Waals surface area contributed by atoms with Crippen molar-refractivity contribution in [1.29, 1.82) is 0 Å². The maximum atomic E-state index is 13.7. The predicted octanol–water partition coefficient (Wildman–Crippen LogP) is 3.46. The van der Waals surface area contributed by atoms with Gasteiger partial charge in [0.1, 0.15) is 24.1 Å². The lowest BCUT2D eigenvalue weighted by Crippen LogP contribution is -2.54. The Labute approximate surface area is 218 Å². The second-order valence-corrected chi connectivity index (χ2v) is 11.6. The van der Waals surface area contributed by atoms with E-state index >= 15 is 0 Å². The molecule has 2 amide bonds. The topological polar surface area (TPSA) is 105 Å². The molecule has 11 heteroatoms. The highest BCUT2D eigenvalue weighted by Gasteiger charge is 2.32. The van der Waals surface area contributed by atoms with Gasteiger partial charge in [0.2, 0.25) is 21.8 Å². The second kappa shape index (κ2) is 11.8. The zero-order valence-electron chi connectivity index (χ0n) is 21.7. The van der Waals surface area contributed by atoms with Crippen LogP contribution in [0.1, 0.15) is 33.3 Å². The number of anilines is 1. The van der Waals surface area contributed by atoms with Crippen LogP contribution in [0.15, 0.2) is 42.5 Å². The zero-order valence-corrected chi connectivity index (χ0v) is 23.2. The first-order valence-corrected chi connectivity index (χ1v) is 13.4. The summed E-state index contributed by atoms with van der Waals surface area (Å²) < 4.78 is 37.2. The number of hydrogen-bond acceptors (Lipinski definition) is 6. The van der Waals surface area contributed by atoms with Crippen LogP contribution in [0.5, 0.6) is 11.5 Å². The molecular formula is C25H34ClN3O6S. The largest absolute Gasteiger partial charge is 0.497 e. The highest BCUT2D eigenvalue weighted by molar-refractivity contribution is 7.92. The molecule has 1 atom stereocenters. The number of nitrogens with zero attached hydrogens (tertiary/aromatic N) is 2. The smallest absolute Gasteiger partial charge is 0.244 e. The van der Waals surface area contributed by atoms with Gasteiger partial charge in [0.25, 0.3) is 0 Å². The quantitative estimate of drug-likeness (QED) is 0.496. The van der Waals surface area contributed by atoms with Crippen molar-refractivity contribution in [1.82, 2.24) is 10.2 Å². The first kappa shape index (κ1) is 29.3. The lowest BCUT2D eigenvalue weighted by molar-refractivity contribution is -0.140. The SMILES string of the molecule is COc1ccc(OC)c(N(CC(=O)N(Cc2ccccc2Cl)[C@H](C)C(=O)NC(C)(C)C)S(C)(=O)=O)c1. The maximum absolute atomic E-state index is 13.7. The van der Waals surface area contributed by atoms with Gasteiger partial charge in [-0.25, -0.2) is 8.42 Å². The van der Waals surface area contributed by atoms with E-state index in [0.29, 0.717) is 16.3 Å². The first-order chi connectivity index (χ1) is 16.7. The molecule has 0 saturated heterocycles. The third-order valence-corrected chi connectivity index (χ3v) is 6.79. The molecule has 0 saturated carbocycles. The summed E-state index contributed by atoms with van der Waals surface area (Å²) in [6, 6.07) is 10.7. The average Bonchev–Trinajstić information content (AvgIpc) is 2.79. The number of benzene rings is 2. The summed E-state index contributed by atoms with van der Waals surface area (Å²) in [6.45, 7) is 6.52. The van der Waals surface area contributed by atoms with Crippen LogP contribution in [0.3, 0.4) is 0 Å². The van der Waals surface area contributed by atoms with Crippen molar-refractivity contribution in [3.63, 3.8) is 0 Å². The summed E-state index contributed by atoms with van der Waals surface area (Å²) in [5.41, 5.74) is 0.224. The summed E-state index contributed by atoms with van der Waals surface area (Å²) in [6.07, 6.45) is 0.993. The standard InChI is InChI=1S/C25H34ClN3O6S/c1-17(24(31)27-25(2,3)4)28(15-18-10-8-9-11-20(18)26)23(30)16-29(36(7,32)33)21-14-19(34-5)12-13-22(21)35-6/h8-14,17H,15-16H2,1-7H3,(H,27,31)/t17-/m1/s1. The molecule has 1 N–H and O–H groups in total. The van der Waals surface area contributed by atoms with Crippen LogP contribution in [0, 0.1) is 0 Å². The van der Waals surface area contributed by atoms with Crippen LogP contribution in [0.2, 0.25) is 5.02 Å². The van der Waals surface area contributed by atoms with E-state index in [9.17, 15) is 18.0 Å². The Morgan fingerprint density at radius 2 is 1.72 bits per heavy atom. The van der Waals surface area contributed by atoms with Crippen LogP contribution >= 0.6 is 11.6 Å². The molecule has 0 spiro atoms. The summed E-state index contributed by atoms with van der Waals surface area (Å²) in [7, 11) is -1.09. The van der Waals surface area contributed by atoms with Gasteiger partial charge in [0.05, 0.1) is 26.2 Å². The molecule has 0 heterocycles. The minimum absolute atomic E-state index is 0.00405. The van der Waals surface area contributed by atoms with E-state index in [2.05, 4.69) is 5.32 Å². The Morgan fingerprint density at radius 3 is 2.25 bits per heavy atom. The van der Waals surface area contributed by atoms with E-state index < -0.39 is 34.1 Å². The van der Waals surface area contributed by atoms with E-state index in [-0.39, 0.29) is 23.9 Å². The van der Waals surface area contributed by atoms with Crippen molar-refractivity contribution in [3.8, 4) is 11.5 Å². The molecule has 198 valence electrons. The van der Waals surface area contributed by atoms with Gasteiger partial charge in [-0.2, -0.15) is 0 Å². The highest BCUT2D eigenvalue weighted by atomic mass is 35.5. The molecule has 0 unspecified atom stereocenters. The van der Waals surface area contributed by atoms with Gasteiger partial charge in [-0.15, -0.1) is 0 Å². The number of amides is 2. The van der Waals surface area contributed by atoms with Crippen molar-refractivity contribution in [2.24, 2.45) is 0 Å². The highest BCUT2D eigenvalue weighted by Crippen LogP contribution is 2.34. The molecule has 0 fully saturated rings. The third kappa shape index (κ3) is 7.76. The van der Waals surface area contributed by atoms with Crippen LogP contribution in [0.25, 0.3) is 0 Å². The van der Waals surface area contributed by atoms with Gasteiger partial charge in [-0.1, -0.05) is 29.8 Å². The number of methoxy groups -OCH3 is 2. The molecule has 9 nitrogen and oxygen atoms in total. The lowest BCUT2D eigenvalue weighted by atomic mass is 10.1. The van der Waals surface area contributed by atoms with Crippen LogP contribution in [-0.4, -0.2) is 63.7 Å². The number of ether oxygens (including phenoxy) is 2. The molecule has 36 heavy (non-hydrogen) atoms. The normalized spacial score (nSPS) is 12.4. The van der Waals surface area contributed by atoms with E-state index in [0.717, 1.165) is 10.6 Å². The van der Waals surface area contributed by atoms with Crippen molar-refractivity contribution >= 4 is 39.1 Å². The van der Waals surface area contributed by atoms with Crippen molar-refractivity contribution in [2.45, 2.75) is 45.8 Å². The van der Waals surface area contributed by atoms with Crippen LogP contribution in [0.4, 0.5) is 5.69 Å². The summed E-state index contributed by atoms with van der Waals surface area (Å²) in [5, 5.41) is 3.29. The molecule has 0 aromatic heterocycles. The number of carbonyl (C=O) groups is 2. The molecule has 2 aromatic rings. The fourth-order valence-corrected chi connectivity index (χ4v) is 4.49. The van der Waals surface area contributed by atoms with E-state index in [1.165, 1.54) is 25.2 Å². The van der Waals surface area contributed by atoms with Gasteiger partial charge in [0, 0.05) is 23.2 Å². The second-order valence-electron chi connectivity index (χ2n) is 9.34. The Balaban J connectivity index is 2.51. The van der Waals surface area contributed by atoms with Crippen LogP contribution < -0.4 is 19.1 Å². The summed E-state index contributed by atoms with van der Waals surface area (Å²) in [4.78, 5) is 28.0. The summed E-state index contributed by atoms with van der Waals surface area (Å²) in [5.74, 6) is -0.350. The van der Waals surface area contributed by atoms with E-state index in [4.69, 9.17) is 21.1 Å². The third-order valence-electron chi connectivity index (χ3n) is 5.30. The minimum Gasteiger partial charge on any atom is -0.497 e. The van der Waals surface area contributed by atoms with Crippen molar-refractivity contribution < 1.29 is 27.5 Å². The first-order valence-electron chi connectivity index (χ1n) is 11.2. The van der Waals surface area contributed by atoms with E-state index in [1.807, 2.05) is 20.8 Å². The Hall–Kier alpha value is -2.98. The van der Waals surface area contributed by atoms with E-state index in [1.54, 1.807) is 43.3 Å². The molecule has 2 rings (SSSR count). The number of nitrogens with one attached hydrogen (secondary N) is 1. The Kier molecular flexibility index (Phi) is 9.62. The fourth-order valence-electron chi connectivity index (χ4n) is 3.45. The molecule has 0 radical (unpaired) electrons. The van der Waals surface area contributed by atoms with Gasteiger partial charge in [-0.05, 0) is 51.5 Å². The molecule has 0 aliphatic rings. The molecule has 0 bridgehead atoms. The average molecular weight is 540 g/mol. The monoisotopic (exact) mass is 539 g/mol. The lowest BCUT2D eigenvalue weighted by Gasteiger charge is -2.33. The molecule has 2 aromatic carbocycles. The van der Waals surface area contributed by atoms with Crippen molar-refractivity contribution in [2.75, 3.05) is 31.3 Å². The van der Waals surface area contributed by atoms with Gasteiger partial charge in [-0.3, -0.25) is 13.9 Å². The minimum atomic E-state index is -3.94. The Morgan fingerprint density at radius 1 is 1.08 bits per heavy atom.